The van der Waals surface area contributed by atoms with E-state index in [1.807, 2.05) is 0 Å². The van der Waals surface area contributed by atoms with E-state index in [-0.39, 0.29) is 16.2 Å². The van der Waals surface area contributed by atoms with Crippen molar-refractivity contribution in [2.45, 2.75) is 5.75 Å². The number of benzene rings is 3. The van der Waals surface area contributed by atoms with Crippen LogP contribution in [-0.2, 0) is 15.6 Å². The van der Waals surface area contributed by atoms with Crippen LogP contribution < -0.4 is 0 Å². The molecule has 0 bridgehead atoms. The molecular weight excluding hydrogens is 495 g/mol. The Morgan fingerprint density at radius 3 is 1.90 bits per heavy atom. The molecule has 148 valence electrons. The maximum Gasteiger partial charge on any atom is 0.204 e. The molecule has 0 amide bonds. The molecule has 0 heterocycles. The Labute approximate surface area is 188 Å². The first-order valence-electron chi connectivity index (χ1n) is 8.49. The second-order valence-electron chi connectivity index (χ2n) is 6.28. The van der Waals surface area contributed by atoms with Crippen LogP contribution in [0.25, 0.3) is 6.08 Å². The van der Waals surface area contributed by atoms with Gasteiger partial charge in [0.1, 0.15) is 4.91 Å². The summed E-state index contributed by atoms with van der Waals surface area (Å²) in [6.07, 6.45) is 1.40. The lowest BCUT2D eigenvalue weighted by Gasteiger charge is -2.10. The predicted molar refractivity (Wildman–Crippen MR) is 122 cm³/mol. The van der Waals surface area contributed by atoms with Gasteiger partial charge in [-0.3, -0.25) is 4.79 Å². The average molecular weight is 510 g/mol. The van der Waals surface area contributed by atoms with E-state index >= 15 is 0 Å². The van der Waals surface area contributed by atoms with E-state index in [2.05, 4.69) is 15.9 Å². The number of allylic oxidation sites excluding steroid dienone is 1. The molecule has 0 aromatic heterocycles. The minimum Gasteiger partial charge on any atom is -0.288 e. The smallest absolute Gasteiger partial charge is 0.204 e. The summed E-state index contributed by atoms with van der Waals surface area (Å²) in [4.78, 5) is 12.8. The zero-order chi connectivity index (χ0) is 21.0. The third-order valence-electron chi connectivity index (χ3n) is 4.10. The summed E-state index contributed by atoms with van der Waals surface area (Å²) in [5.74, 6) is -0.898. The highest BCUT2D eigenvalue weighted by molar-refractivity contribution is 9.10. The van der Waals surface area contributed by atoms with Crippen molar-refractivity contribution in [2.24, 2.45) is 0 Å². The monoisotopic (exact) mass is 508 g/mol. The second kappa shape index (κ2) is 9.26. The zero-order valence-corrected chi connectivity index (χ0v) is 18.9. The molecule has 29 heavy (non-hydrogen) atoms. The molecule has 3 aromatic rings. The highest BCUT2D eigenvalue weighted by Gasteiger charge is 2.26. The maximum absolute atomic E-state index is 13.2. The first-order valence-corrected chi connectivity index (χ1v) is 11.7. The number of sulfone groups is 1. The van der Waals surface area contributed by atoms with Gasteiger partial charge in [-0.05, 0) is 65.7 Å². The summed E-state index contributed by atoms with van der Waals surface area (Å²) in [5.41, 5.74) is 1.39. The van der Waals surface area contributed by atoms with E-state index in [0.29, 0.717) is 21.2 Å². The first kappa shape index (κ1) is 21.8. The van der Waals surface area contributed by atoms with Crippen molar-refractivity contribution in [1.29, 1.82) is 0 Å². The third-order valence-corrected chi connectivity index (χ3v) is 6.82. The van der Waals surface area contributed by atoms with E-state index in [0.717, 1.165) is 4.47 Å². The number of ketones is 1. The van der Waals surface area contributed by atoms with Crippen molar-refractivity contribution in [1.82, 2.24) is 0 Å². The molecule has 0 N–H and O–H groups in total. The molecule has 3 rings (SSSR count). The van der Waals surface area contributed by atoms with Crippen LogP contribution in [0.1, 0.15) is 21.5 Å². The number of hydrogen-bond acceptors (Lipinski definition) is 3. The van der Waals surface area contributed by atoms with Gasteiger partial charge in [0.05, 0.1) is 5.75 Å². The highest BCUT2D eigenvalue weighted by Crippen LogP contribution is 2.24. The van der Waals surface area contributed by atoms with Crippen LogP contribution in [0.4, 0.5) is 0 Å². The van der Waals surface area contributed by atoms with E-state index in [4.69, 9.17) is 23.2 Å². The summed E-state index contributed by atoms with van der Waals surface area (Å²) in [5, 5.41) is 0.970. The molecule has 0 aliphatic heterocycles. The topological polar surface area (TPSA) is 51.2 Å². The molecular formula is C22H15BrCl2O3S. The van der Waals surface area contributed by atoms with Crippen molar-refractivity contribution in [2.75, 3.05) is 0 Å². The van der Waals surface area contributed by atoms with Crippen LogP contribution in [-0.4, -0.2) is 14.2 Å². The standard InChI is InChI=1S/C22H15BrCl2O3S/c23-18-7-1-15(2-8-18)13-21(22(26)17-5-11-20(25)12-6-17)29(27,28)14-16-3-9-19(24)10-4-16/h1-13H,14H2. The molecule has 0 saturated carbocycles. The molecule has 0 unspecified atom stereocenters. The lowest BCUT2D eigenvalue weighted by Crippen LogP contribution is -2.16. The number of halogens is 3. The summed E-state index contributed by atoms with van der Waals surface area (Å²) in [6.45, 7) is 0. The van der Waals surface area contributed by atoms with Crippen LogP contribution in [0.3, 0.4) is 0 Å². The van der Waals surface area contributed by atoms with Gasteiger partial charge in [-0.1, -0.05) is 63.4 Å². The van der Waals surface area contributed by atoms with E-state index in [9.17, 15) is 13.2 Å². The quantitative estimate of drug-likeness (QED) is 0.278. The Balaban J connectivity index is 2.05. The molecule has 0 radical (unpaired) electrons. The van der Waals surface area contributed by atoms with Gasteiger partial charge in [0.2, 0.25) is 5.78 Å². The van der Waals surface area contributed by atoms with E-state index in [1.54, 1.807) is 60.7 Å². The third kappa shape index (κ3) is 5.80. The first-order chi connectivity index (χ1) is 13.7. The molecule has 0 aliphatic carbocycles. The van der Waals surface area contributed by atoms with Crippen LogP contribution in [0.5, 0.6) is 0 Å². The fraction of sp³-hybridized carbons (Fsp3) is 0.0455. The molecule has 0 atom stereocenters. The summed E-state index contributed by atoms with van der Waals surface area (Å²) in [6, 6.07) is 19.6. The van der Waals surface area contributed by atoms with Gasteiger partial charge in [-0.25, -0.2) is 8.42 Å². The van der Waals surface area contributed by atoms with Crippen molar-refractivity contribution >= 4 is 60.8 Å². The molecule has 3 aromatic carbocycles. The Morgan fingerprint density at radius 1 is 0.828 bits per heavy atom. The Hall–Kier alpha value is -1.92. The SMILES string of the molecule is O=C(C(=Cc1ccc(Br)cc1)S(=O)(=O)Cc1ccc(Cl)cc1)c1ccc(Cl)cc1. The molecule has 0 aliphatic rings. The molecule has 7 heteroatoms. The zero-order valence-electron chi connectivity index (χ0n) is 15.0. The highest BCUT2D eigenvalue weighted by atomic mass is 79.9. The predicted octanol–water partition coefficient (Wildman–Crippen LogP) is 6.59. The van der Waals surface area contributed by atoms with Gasteiger partial charge in [0.15, 0.2) is 9.84 Å². The fourth-order valence-corrected chi connectivity index (χ4v) is 4.65. The number of rotatable bonds is 6. The normalized spacial score (nSPS) is 12.0. The van der Waals surface area contributed by atoms with Gasteiger partial charge >= 0.3 is 0 Å². The van der Waals surface area contributed by atoms with Crippen molar-refractivity contribution in [3.63, 3.8) is 0 Å². The number of carbonyl (C=O) groups is 1. The van der Waals surface area contributed by atoms with Crippen LogP contribution in [0, 0.1) is 0 Å². The van der Waals surface area contributed by atoms with E-state index in [1.165, 1.54) is 18.2 Å². The lowest BCUT2D eigenvalue weighted by molar-refractivity contribution is 0.104. The molecule has 0 spiro atoms. The van der Waals surface area contributed by atoms with Crippen molar-refractivity contribution in [3.8, 4) is 0 Å². The summed E-state index contributed by atoms with van der Waals surface area (Å²) >= 11 is 15.1. The maximum atomic E-state index is 13.2. The van der Waals surface area contributed by atoms with Gasteiger partial charge in [0.25, 0.3) is 0 Å². The number of hydrogen-bond donors (Lipinski definition) is 0. The van der Waals surface area contributed by atoms with Gasteiger partial charge in [-0.15, -0.1) is 0 Å². The Kier molecular flexibility index (Phi) is 6.96. The second-order valence-corrected chi connectivity index (χ2v) is 10.0. The number of carbonyl (C=O) groups excluding carboxylic acids is 1. The van der Waals surface area contributed by atoms with Crippen LogP contribution >= 0.6 is 39.1 Å². The minimum absolute atomic E-state index is 0.248. The lowest BCUT2D eigenvalue weighted by atomic mass is 10.1. The Morgan fingerprint density at radius 2 is 1.34 bits per heavy atom. The fourth-order valence-electron chi connectivity index (χ4n) is 2.63. The summed E-state index contributed by atoms with van der Waals surface area (Å²) in [7, 11) is -3.93. The Bertz CT molecular complexity index is 1150. The number of Topliss-reactive ketones (excluding diaryl/α,β-unsaturated/α-hetero) is 1. The van der Waals surface area contributed by atoms with Gasteiger partial charge in [0, 0.05) is 20.1 Å². The largest absolute Gasteiger partial charge is 0.288 e. The van der Waals surface area contributed by atoms with Crippen molar-refractivity contribution in [3.05, 3.63) is 109 Å². The average Bonchev–Trinajstić information content (AvgIpc) is 2.69. The van der Waals surface area contributed by atoms with Gasteiger partial charge < -0.3 is 0 Å². The van der Waals surface area contributed by atoms with Crippen molar-refractivity contribution < 1.29 is 13.2 Å². The molecule has 3 nitrogen and oxygen atoms in total. The minimum atomic E-state index is -3.93. The molecule has 0 fully saturated rings. The molecule has 0 saturated heterocycles. The van der Waals surface area contributed by atoms with Crippen LogP contribution in [0.2, 0.25) is 10.0 Å². The van der Waals surface area contributed by atoms with Gasteiger partial charge in [-0.2, -0.15) is 0 Å². The van der Waals surface area contributed by atoms with E-state index < -0.39 is 15.6 Å². The summed E-state index contributed by atoms with van der Waals surface area (Å²) < 4.78 is 27.2. The van der Waals surface area contributed by atoms with Crippen LogP contribution in [0.15, 0.2) is 82.2 Å².